The zero-order chi connectivity index (χ0) is 7.56. The molecular weight excluding hydrogens is 132 g/mol. The number of carbonyl (C=O) groups is 1. The first kappa shape index (κ1) is 7.50. The summed E-state index contributed by atoms with van der Waals surface area (Å²) in [5.74, 6) is -0.0500. The largest absolute Gasteiger partial charge is 0.378 e. The molecule has 3 N–H and O–H groups in total. The van der Waals surface area contributed by atoms with Gasteiger partial charge >= 0.3 is 0 Å². The van der Waals surface area contributed by atoms with E-state index in [-0.39, 0.29) is 18.0 Å². The average molecular weight is 144 g/mol. The first-order valence-corrected chi connectivity index (χ1v) is 3.30. The molecule has 0 aliphatic carbocycles. The molecular formula is C6H12N2O2. The van der Waals surface area contributed by atoms with Crippen LogP contribution < -0.4 is 11.1 Å². The Morgan fingerprint density at radius 1 is 1.70 bits per heavy atom. The molecule has 1 amide bonds. The van der Waals surface area contributed by atoms with Gasteiger partial charge in [-0.2, -0.15) is 0 Å². The fourth-order valence-electron chi connectivity index (χ4n) is 0.981. The van der Waals surface area contributed by atoms with E-state index in [4.69, 9.17) is 10.5 Å². The molecule has 0 bridgehead atoms. The molecule has 1 aliphatic rings. The summed E-state index contributed by atoms with van der Waals surface area (Å²) in [4.78, 5) is 10.5. The molecule has 1 saturated heterocycles. The van der Waals surface area contributed by atoms with E-state index in [0.29, 0.717) is 13.2 Å². The van der Waals surface area contributed by atoms with Gasteiger partial charge in [0, 0.05) is 6.92 Å². The SMILES string of the molecule is CC(=O)NC1COCC1N. The maximum Gasteiger partial charge on any atom is 0.217 e. The van der Waals surface area contributed by atoms with Gasteiger partial charge in [0.15, 0.2) is 0 Å². The number of hydrogen-bond acceptors (Lipinski definition) is 3. The molecule has 0 radical (unpaired) electrons. The molecule has 0 saturated carbocycles. The number of nitrogens with one attached hydrogen (secondary N) is 1. The number of carbonyl (C=O) groups excluding carboxylic acids is 1. The minimum Gasteiger partial charge on any atom is -0.378 e. The van der Waals surface area contributed by atoms with Crippen molar-refractivity contribution < 1.29 is 9.53 Å². The Hall–Kier alpha value is -0.610. The van der Waals surface area contributed by atoms with Gasteiger partial charge < -0.3 is 15.8 Å². The molecule has 0 aromatic rings. The summed E-state index contributed by atoms with van der Waals surface area (Å²) in [6, 6.07) is -0.0265. The van der Waals surface area contributed by atoms with E-state index >= 15 is 0 Å². The van der Waals surface area contributed by atoms with E-state index in [1.807, 2.05) is 0 Å². The third kappa shape index (κ3) is 1.68. The molecule has 4 heteroatoms. The Labute approximate surface area is 59.7 Å². The van der Waals surface area contributed by atoms with Crippen molar-refractivity contribution in [3.8, 4) is 0 Å². The van der Waals surface area contributed by atoms with Crippen LogP contribution in [0.2, 0.25) is 0 Å². The van der Waals surface area contributed by atoms with Crippen LogP contribution in [0, 0.1) is 0 Å². The fraction of sp³-hybridized carbons (Fsp3) is 0.833. The van der Waals surface area contributed by atoms with Gasteiger partial charge in [-0.3, -0.25) is 4.79 Å². The normalized spacial score (nSPS) is 32.2. The van der Waals surface area contributed by atoms with Crippen LogP contribution in [0.5, 0.6) is 0 Å². The van der Waals surface area contributed by atoms with Crippen LogP contribution in [0.25, 0.3) is 0 Å². The van der Waals surface area contributed by atoms with E-state index in [1.165, 1.54) is 6.92 Å². The van der Waals surface area contributed by atoms with Crippen molar-refractivity contribution in [1.82, 2.24) is 5.32 Å². The lowest BCUT2D eigenvalue weighted by molar-refractivity contribution is -0.119. The summed E-state index contributed by atoms with van der Waals surface area (Å²) >= 11 is 0. The predicted molar refractivity (Wildman–Crippen MR) is 36.4 cm³/mol. The van der Waals surface area contributed by atoms with Crippen LogP contribution in [0.3, 0.4) is 0 Å². The zero-order valence-corrected chi connectivity index (χ0v) is 5.96. The second-order valence-electron chi connectivity index (χ2n) is 2.51. The lowest BCUT2D eigenvalue weighted by Crippen LogP contribution is -2.45. The molecule has 1 rings (SSSR count). The summed E-state index contributed by atoms with van der Waals surface area (Å²) in [6.45, 7) is 2.57. The third-order valence-corrected chi connectivity index (χ3v) is 1.51. The summed E-state index contributed by atoms with van der Waals surface area (Å²) in [6.07, 6.45) is 0. The van der Waals surface area contributed by atoms with Crippen molar-refractivity contribution in [3.05, 3.63) is 0 Å². The Balaban J connectivity index is 2.33. The minimum absolute atomic E-state index is 0.0116. The molecule has 0 aromatic carbocycles. The van der Waals surface area contributed by atoms with Crippen LogP contribution >= 0.6 is 0 Å². The number of nitrogens with two attached hydrogens (primary N) is 1. The van der Waals surface area contributed by atoms with Crippen molar-refractivity contribution in [3.63, 3.8) is 0 Å². The maximum atomic E-state index is 10.5. The molecule has 0 aromatic heterocycles. The number of hydrogen-bond donors (Lipinski definition) is 2. The standard InChI is InChI=1S/C6H12N2O2/c1-4(9)8-6-3-10-2-5(6)7/h5-6H,2-3,7H2,1H3,(H,8,9). The van der Waals surface area contributed by atoms with E-state index in [9.17, 15) is 4.79 Å². The average Bonchev–Trinajstić information content (AvgIpc) is 2.15. The Bertz CT molecular complexity index is 138. The summed E-state index contributed by atoms with van der Waals surface area (Å²) in [7, 11) is 0. The van der Waals surface area contributed by atoms with Gasteiger partial charge in [-0.25, -0.2) is 0 Å². The number of ether oxygens (including phenoxy) is 1. The van der Waals surface area contributed by atoms with E-state index in [1.54, 1.807) is 0 Å². The van der Waals surface area contributed by atoms with Crippen LogP contribution in [0.15, 0.2) is 0 Å². The first-order valence-electron chi connectivity index (χ1n) is 3.30. The fourth-order valence-corrected chi connectivity index (χ4v) is 0.981. The highest BCUT2D eigenvalue weighted by atomic mass is 16.5. The molecule has 2 unspecified atom stereocenters. The molecule has 10 heavy (non-hydrogen) atoms. The van der Waals surface area contributed by atoms with Gasteiger partial charge in [-0.15, -0.1) is 0 Å². The monoisotopic (exact) mass is 144 g/mol. The predicted octanol–water partition coefficient (Wildman–Crippen LogP) is -1.15. The van der Waals surface area contributed by atoms with Gasteiger partial charge in [0.1, 0.15) is 0 Å². The lowest BCUT2D eigenvalue weighted by atomic mass is 10.2. The van der Waals surface area contributed by atoms with Crippen LogP contribution in [0.1, 0.15) is 6.92 Å². The first-order chi connectivity index (χ1) is 4.70. The summed E-state index contributed by atoms with van der Waals surface area (Å²) in [5.41, 5.74) is 5.59. The zero-order valence-electron chi connectivity index (χ0n) is 5.96. The second-order valence-corrected chi connectivity index (χ2v) is 2.51. The quantitative estimate of drug-likeness (QED) is 0.488. The Morgan fingerprint density at radius 3 is 2.80 bits per heavy atom. The van der Waals surface area contributed by atoms with Crippen LogP contribution in [-0.2, 0) is 9.53 Å². The molecule has 1 aliphatic heterocycles. The topological polar surface area (TPSA) is 64.3 Å². The second kappa shape index (κ2) is 2.98. The molecule has 58 valence electrons. The van der Waals surface area contributed by atoms with Crippen molar-refractivity contribution >= 4 is 5.91 Å². The molecule has 0 spiro atoms. The molecule has 4 nitrogen and oxygen atoms in total. The molecule has 1 heterocycles. The number of amides is 1. The Kier molecular flexibility index (Phi) is 2.24. The highest BCUT2D eigenvalue weighted by Gasteiger charge is 2.24. The van der Waals surface area contributed by atoms with Crippen molar-refractivity contribution in [2.24, 2.45) is 5.73 Å². The van der Waals surface area contributed by atoms with Crippen LogP contribution in [0.4, 0.5) is 0 Å². The molecule has 1 fully saturated rings. The lowest BCUT2D eigenvalue weighted by Gasteiger charge is -2.12. The van der Waals surface area contributed by atoms with Crippen molar-refractivity contribution in [2.45, 2.75) is 19.0 Å². The summed E-state index contributed by atoms with van der Waals surface area (Å²) < 4.78 is 5.03. The third-order valence-electron chi connectivity index (χ3n) is 1.51. The highest BCUT2D eigenvalue weighted by molar-refractivity contribution is 5.73. The van der Waals surface area contributed by atoms with Gasteiger partial charge in [-0.05, 0) is 0 Å². The number of rotatable bonds is 1. The highest BCUT2D eigenvalue weighted by Crippen LogP contribution is 2.01. The maximum absolute atomic E-state index is 10.5. The van der Waals surface area contributed by atoms with E-state index in [0.717, 1.165) is 0 Å². The van der Waals surface area contributed by atoms with Crippen molar-refractivity contribution in [2.75, 3.05) is 13.2 Å². The van der Waals surface area contributed by atoms with E-state index in [2.05, 4.69) is 5.32 Å². The van der Waals surface area contributed by atoms with Crippen LogP contribution in [-0.4, -0.2) is 31.2 Å². The van der Waals surface area contributed by atoms with Gasteiger partial charge in [0.05, 0.1) is 25.3 Å². The van der Waals surface area contributed by atoms with E-state index < -0.39 is 0 Å². The van der Waals surface area contributed by atoms with Gasteiger partial charge in [0.25, 0.3) is 0 Å². The van der Waals surface area contributed by atoms with Gasteiger partial charge in [-0.1, -0.05) is 0 Å². The van der Waals surface area contributed by atoms with Gasteiger partial charge in [0.2, 0.25) is 5.91 Å². The Morgan fingerprint density at radius 2 is 2.40 bits per heavy atom. The molecule has 2 atom stereocenters. The minimum atomic E-state index is -0.0500. The summed E-state index contributed by atoms with van der Waals surface area (Å²) in [5, 5.41) is 2.70. The smallest absolute Gasteiger partial charge is 0.217 e. The van der Waals surface area contributed by atoms with Crippen molar-refractivity contribution in [1.29, 1.82) is 0 Å².